The van der Waals surface area contributed by atoms with Gasteiger partial charge in [-0.25, -0.2) is 13.9 Å². The van der Waals surface area contributed by atoms with E-state index in [2.05, 4.69) is 15.5 Å². The van der Waals surface area contributed by atoms with Crippen molar-refractivity contribution in [2.75, 3.05) is 0 Å². The molecule has 4 rings (SSSR count). The molecule has 148 valence electrons. The first kappa shape index (κ1) is 18.9. The predicted octanol–water partition coefficient (Wildman–Crippen LogP) is 2.83. The molecule has 10 heteroatoms. The average molecular weight is 415 g/mol. The van der Waals surface area contributed by atoms with Crippen molar-refractivity contribution >= 4 is 11.6 Å². The highest BCUT2D eigenvalue weighted by Crippen LogP contribution is 2.21. The molecule has 0 spiro atoms. The van der Waals surface area contributed by atoms with Crippen molar-refractivity contribution in [3.8, 4) is 17.3 Å². The summed E-state index contributed by atoms with van der Waals surface area (Å²) in [5.74, 6) is -0.179. The number of benzene rings is 2. The zero-order chi connectivity index (χ0) is 20.5. The van der Waals surface area contributed by atoms with Crippen LogP contribution in [0.25, 0.3) is 11.4 Å². The highest BCUT2D eigenvalue weighted by molar-refractivity contribution is 6.30. The number of aromatic nitrogens is 6. The molecule has 0 unspecified atom stereocenters. The second kappa shape index (κ2) is 7.51. The lowest BCUT2D eigenvalue weighted by Crippen LogP contribution is -2.23. The van der Waals surface area contributed by atoms with E-state index in [1.54, 1.807) is 24.4 Å². The molecule has 0 fully saturated rings. The number of hydrogen-bond acceptors (Lipinski definition) is 5. The van der Waals surface area contributed by atoms with Gasteiger partial charge >= 0.3 is 5.69 Å². The summed E-state index contributed by atoms with van der Waals surface area (Å²) >= 11 is 5.72. The fraction of sp³-hybridized carbons (Fsp3) is 0.158. The van der Waals surface area contributed by atoms with Crippen molar-refractivity contribution in [1.82, 2.24) is 29.6 Å². The number of hydrogen-bond donors (Lipinski definition) is 0. The molecule has 2 aromatic heterocycles. The van der Waals surface area contributed by atoms with Crippen molar-refractivity contribution in [2.24, 2.45) is 7.05 Å². The van der Waals surface area contributed by atoms with E-state index < -0.39 is 5.82 Å². The Balaban J connectivity index is 1.59. The molecular formula is C19H16ClFN6O2. The van der Waals surface area contributed by atoms with Crippen LogP contribution in [0.5, 0.6) is 5.88 Å². The van der Waals surface area contributed by atoms with Crippen LogP contribution in [-0.2, 0) is 13.7 Å². The van der Waals surface area contributed by atoms with Gasteiger partial charge in [0.25, 0.3) is 0 Å². The molecule has 0 radical (unpaired) electrons. The quantitative estimate of drug-likeness (QED) is 0.501. The third-order valence-corrected chi connectivity index (χ3v) is 4.74. The maximum atomic E-state index is 13.7. The minimum absolute atomic E-state index is 0.0451. The number of tetrazole rings is 1. The summed E-state index contributed by atoms with van der Waals surface area (Å²) in [6, 6.07) is 11.6. The molecule has 0 bridgehead atoms. The van der Waals surface area contributed by atoms with Crippen molar-refractivity contribution < 1.29 is 9.13 Å². The summed E-state index contributed by atoms with van der Waals surface area (Å²) in [7, 11) is 1.53. The van der Waals surface area contributed by atoms with Gasteiger partial charge in [0.2, 0.25) is 5.88 Å². The maximum absolute atomic E-state index is 13.7. The van der Waals surface area contributed by atoms with Gasteiger partial charge in [0.15, 0.2) is 0 Å². The normalized spacial score (nSPS) is 11.0. The highest BCUT2D eigenvalue weighted by atomic mass is 35.5. The Kier molecular flexibility index (Phi) is 4.89. The second-order valence-electron chi connectivity index (χ2n) is 6.36. The Bertz CT molecular complexity index is 1250. The third-order valence-electron chi connectivity index (χ3n) is 4.43. The van der Waals surface area contributed by atoms with Crippen molar-refractivity contribution in [1.29, 1.82) is 0 Å². The van der Waals surface area contributed by atoms with Crippen LogP contribution in [0.1, 0.15) is 11.1 Å². The lowest BCUT2D eigenvalue weighted by Gasteiger charge is -2.11. The van der Waals surface area contributed by atoms with E-state index in [9.17, 15) is 9.18 Å². The van der Waals surface area contributed by atoms with Crippen molar-refractivity contribution in [3.05, 3.63) is 81.1 Å². The zero-order valence-electron chi connectivity index (χ0n) is 15.6. The second-order valence-corrected chi connectivity index (χ2v) is 6.76. The SMILES string of the molecule is Cc1cccc(-n2nnn(C)c2=O)c1COc1ccn(-c2ccc(Cl)c(F)c2)n1. The van der Waals surface area contributed by atoms with E-state index in [-0.39, 0.29) is 17.3 Å². The van der Waals surface area contributed by atoms with Gasteiger partial charge in [0, 0.05) is 30.9 Å². The summed E-state index contributed by atoms with van der Waals surface area (Å²) in [6.45, 7) is 2.08. The molecule has 0 aliphatic rings. The standard InChI is InChI=1S/C19H16ClFN6O2/c1-12-4-3-5-17(27-19(28)25(2)23-24-27)14(12)11-29-18-8-9-26(22-18)13-6-7-15(20)16(21)10-13/h3-10H,11H2,1-2H3. The first-order chi connectivity index (χ1) is 13.9. The minimum Gasteiger partial charge on any atom is -0.472 e. The molecule has 0 N–H and O–H groups in total. The lowest BCUT2D eigenvalue weighted by atomic mass is 10.1. The lowest BCUT2D eigenvalue weighted by molar-refractivity contribution is 0.290. The summed E-state index contributed by atoms with van der Waals surface area (Å²) in [5, 5.41) is 12.0. The molecule has 0 atom stereocenters. The molecule has 2 aromatic carbocycles. The number of ether oxygens (including phenoxy) is 1. The fourth-order valence-corrected chi connectivity index (χ4v) is 2.96. The van der Waals surface area contributed by atoms with E-state index >= 15 is 0 Å². The van der Waals surface area contributed by atoms with Crippen molar-refractivity contribution in [2.45, 2.75) is 13.5 Å². The molecular weight excluding hydrogens is 399 g/mol. The van der Waals surface area contributed by atoms with Crippen LogP contribution in [0.2, 0.25) is 5.02 Å². The van der Waals surface area contributed by atoms with Crippen LogP contribution in [0, 0.1) is 12.7 Å². The molecule has 2 heterocycles. The number of rotatable bonds is 5. The van der Waals surface area contributed by atoms with Crippen LogP contribution in [0.3, 0.4) is 0 Å². The molecule has 29 heavy (non-hydrogen) atoms. The van der Waals surface area contributed by atoms with Gasteiger partial charge in [-0.15, -0.1) is 5.10 Å². The van der Waals surface area contributed by atoms with E-state index in [4.69, 9.17) is 16.3 Å². The van der Waals surface area contributed by atoms with Gasteiger partial charge < -0.3 is 4.74 Å². The van der Waals surface area contributed by atoms with Crippen LogP contribution < -0.4 is 10.4 Å². The Morgan fingerprint density at radius 1 is 1.17 bits per heavy atom. The van der Waals surface area contributed by atoms with Gasteiger partial charge in [-0.05, 0) is 41.1 Å². The molecule has 0 amide bonds. The fourth-order valence-electron chi connectivity index (χ4n) is 2.84. The summed E-state index contributed by atoms with van der Waals surface area (Å²) < 4.78 is 23.4. The smallest absolute Gasteiger partial charge is 0.368 e. The Morgan fingerprint density at radius 2 is 2.00 bits per heavy atom. The summed E-state index contributed by atoms with van der Waals surface area (Å²) in [4.78, 5) is 12.2. The van der Waals surface area contributed by atoms with Gasteiger partial charge in [0.05, 0.1) is 16.4 Å². The molecule has 4 aromatic rings. The summed E-state index contributed by atoms with van der Waals surface area (Å²) in [5.41, 5.74) is 2.46. The number of nitrogens with zero attached hydrogens (tertiary/aromatic N) is 6. The maximum Gasteiger partial charge on any atom is 0.368 e. The monoisotopic (exact) mass is 414 g/mol. The predicted molar refractivity (Wildman–Crippen MR) is 104 cm³/mol. The zero-order valence-corrected chi connectivity index (χ0v) is 16.3. The van der Waals surface area contributed by atoms with E-state index in [0.717, 1.165) is 15.8 Å². The van der Waals surface area contributed by atoms with Crippen LogP contribution >= 0.6 is 11.6 Å². The van der Waals surface area contributed by atoms with Crippen LogP contribution in [-0.4, -0.2) is 29.6 Å². The van der Waals surface area contributed by atoms with Crippen LogP contribution in [0.4, 0.5) is 4.39 Å². The summed E-state index contributed by atoms with van der Waals surface area (Å²) in [6.07, 6.45) is 1.66. The number of aryl methyl sites for hydroxylation is 2. The van der Waals surface area contributed by atoms with Gasteiger partial charge in [0.1, 0.15) is 12.4 Å². The molecule has 0 aliphatic carbocycles. The third kappa shape index (κ3) is 3.64. The molecule has 0 saturated carbocycles. The van der Waals surface area contributed by atoms with Crippen molar-refractivity contribution in [3.63, 3.8) is 0 Å². The Morgan fingerprint density at radius 3 is 2.72 bits per heavy atom. The Hall–Kier alpha value is -3.46. The average Bonchev–Trinajstić information content (AvgIpc) is 3.30. The first-order valence-corrected chi connectivity index (χ1v) is 9.03. The number of halogens is 2. The van der Waals surface area contributed by atoms with E-state index in [0.29, 0.717) is 17.3 Å². The van der Waals surface area contributed by atoms with E-state index in [1.807, 2.05) is 19.1 Å². The molecule has 0 aliphatic heterocycles. The molecule has 0 saturated heterocycles. The molecule has 8 nitrogen and oxygen atoms in total. The van der Waals surface area contributed by atoms with E-state index in [1.165, 1.54) is 28.5 Å². The Labute approximate surface area is 169 Å². The minimum atomic E-state index is -0.527. The highest BCUT2D eigenvalue weighted by Gasteiger charge is 2.14. The first-order valence-electron chi connectivity index (χ1n) is 8.66. The van der Waals surface area contributed by atoms with Gasteiger partial charge in [-0.2, -0.15) is 9.36 Å². The van der Waals surface area contributed by atoms with Gasteiger partial charge in [-0.1, -0.05) is 23.7 Å². The largest absolute Gasteiger partial charge is 0.472 e. The van der Waals surface area contributed by atoms with Gasteiger partial charge in [-0.3, -0.25) is 0 Å². The topological polar surface area (TPSA) is 79.8 Å². The van der Waals surface area contributed by atoms with Crippen LogP contribution in [0.15, 0.2) is 53.5 Å².